The number of nitrogens with zero attached hydrogens (tertiary/aromatic N) is 2. The molecular weight excluding hydrogens is 392 g/mol. The minimum absolute atomic E-state index is 0.825. The van der Waals surface area contributed by atoms with Crippen LogP contribution in [0, 0.1) is 27.7 Å². The molecule has 0 aliphatic carbocycles. The lowest BCUT2D eigenvalue weighted by Gasteiger charge is -2.15. The maximum atomic E-state index is 4.83. The van der Waals surface area contributed by atoms with Crippen LogP contribution in [-0.2, 0) is 0 Å². The van der Waals surface area contributed by atoms with Crippen LogP contribution in [0.5, 0.6) is 0 Å². The van der Waals surface area contributed by atoms with Gasteiger partial charge in [-0.15, -0.1) is 0 Å². The van der Waals surface area contributed by atoms with Crippen molar-refractivity contribution >= 4 is 44.8 Å². The normalized spacial score (nSPS) is 11.1. The summed E-state index contributed by atoms with van der Waals surface area (Å²) in [6.45, 7) is 8.47. The number of benzene rings is 3. The Morgan fingerprint density at radius 3 is 1.41 bits per heavy atom. The average Bonchev–Trinajstić information content (AvgIpc) is 2.76. The average molecular weight is 419 g/mol. The first-order valence-corrected chi connectivity index (χ1v) is 10.9. The second-order valence-electron chi connectivity index (χ2n) is 8.49. The molecule has 3 aromatic carbocycles. The molecule has 5 aromatic rings. The van der Waals surface area contributed by atoms with Crippen LogP contribution in [0.2, 0.25) is 0 Å². The topological polar surface area (TPSA) is 49.8 Å². The largest absolute Gasteiger partial charge is 0.339 e. The second kappa shape index (κ2) is 7.97. The van der Waals surface area contributed by atoms with E-state index in [1.165, 1.54) is 33.0 Å². The molecular formula is C28H26N4. The van der Waals surface area contributed by atoms with Gasteiger partial charge in [-0.05, 0) is 87.4 Å². The van der Waals surface area contributed by atoms with Crippen molar-refractivity contribution in [2.75, 3.05) is 10.6 Å². The highest BCUT2D eigenvalue weighted by Gasteiger charge is 2.09. The SMILES string of the molecule is Cc1ccc2nc(Nc3ccccc3Nc3cc(C)c4cc(C)ccc4n3)cc(C)c2c1. The Morgan fingerprint density at radius 2 is 0.969 bits per heavy atom. The third kappa shape index (κ3) is 3.87. The van der Waals surface area contributed by atoms with E-state index in [1.807, 2.05) is 12.1 Å². The van der Waals surface area contributed by atoms with Gasteiger partial charge < -0.3 is 10.6 Å². The number of nitrogens with one attached hydrogen (secondary N) is 2. The van der Waals surface area contributed by atoms with Crippen LogP contribution in [0.3, 0.4) is 0 Å². The van der Waals surface area contributed by atoms with Crippen LogP contribution in [0.4, 0.5) is 23.0 Å². The molecule has 0 aliphatic rings. The smallest absolute Gasteiger partial charge is 0.131 e. The lowest BCUT2D eigenvalue weighted by atomic mass is 10.1. The minimum Gasteiger partial charge on any atom is -0.339 e. The summed E-state index contributed by atoms with van der Waals surface area (Å²) in [5.41, 5.74) is 8.78. The molecule has 5 rings (SSSR count). The van der Waals surface area contributed by atoms with Crippen molar-refractivity contribution < 1.29 is 0 Å². The molecule has 32 heavy (non-hydrogen) atoms. The Labute approximate surface area is 188 Å². The van der Waals surface area contributed by atoms with Crippen molar-refractivity contribution in [1.29, 1.82) is 0 Å². The van der Waals surface area contributed by atoms with Gasteiger partial charge in [0.2, 0.25) is 0 Å². The van der Waals surface area contributed by atoms with Gasteiger partial charge in [-0.3, -0.25) is 0 Å². The number of para-hydroxylation sites is 2. The highest BCUT2D eigenvalue weighted by Crippen LogP contribution is 2.30. The molecule has 0 spiro atoms. The quantitative estimate of drug-likeness (QED) is 0.317. The van der Waals surface area contributed by atoms with Crippen LogP contribution in [0.25, 0.3) is 21.8 Å². The molecule has 4 nitrogen and oxygen atoms in total. The molecule has 0 amide bonds. The Kier molecular flexibility index (Phi) is 4.98. The third-order valence-corrected chi connectivity index (χ3v) is 5.79. The highest BCUT2D eigenvalue weighted by atomic mass is 15.0. The van der Waals surface area contributed by atoms with E-state index in [-0.39, 0.29) is 0 Å². The number of anilines is 4. The fraction of sp³-hybridized carbons (Fsp3) is 0.143. The predicted molar refractivity (Wildman–Crippen MR) is 135 cm³/mol. The summed E-state index contributed by atoms with van der Waals surface area (Å²) in [5.74, 6) is 1.65. The lowest BCUT2D eigenvalue weighted by Crippen LogP contribution is -2.01. The zero-order valence-corrected chi connectivity index (χ0v) is 18.8. The zero-order chi connectivity index (χ0) is 22.2. The zero-order valence-electron chi connectivity index (χ0n) is 18.8. The molecule has 0 saturated carbocycles. The Bertz CT molecular complexity index is 1360. The van der Waals surface area contributed by atoms with E-state index in [0.29, 0.717) is 0 Å². The van der Waals surface area contributed by atoms with Gasteiger partial charge in [-0.1, -0.05) is 35.4 Å². The fourth-order valence-corrected chi connectivity index (χ4v) is 4.12. The van der Waals surface area contributed by atoms with Gasteiger partial charge >= 0.3 is 0 Å². The number of aryl methyl sites for hydroxylation is 4. The number of hydrogen-bond donors (Lipinski definition) is 2. The lowest BCUT2D eigenvalue weighted by molar-refractivity contribution is 1.31. The molecule has 0 fully saturated rings. The monoisotopic (exact) mass is 418 g/mol. The maximum Gasteiger partial charge on any atom is 0.131 e. The number of fused-ring (bicyclic) bond motifs is 2. The van der Waals surface area contributed by atoms with Crippen molar-refractivity contribution in [2.45, 2.75) is 27.7 Å². The minimum atomic E-state index is 0.825. The van der Waals surface area contributed by atoms with Gasteiger partial charge in [0.05, 0.1) is 22.4 Å². The van der Waals surface area contributed by atoms with Crippen LogP contribution in [0.15, 0.2) is 72.8 Å². The molecule has 0 atom stereocenters. The molecule has 0 unspecified atom stereocenters. The molecule has 0 radical (unpaired) electrons. The highest BCUT2D eigenvalue weighted by molar-refractivity contribution is 5.87. The van der Waals surface area contributed by atoms with Gasteiger partial charge in [0, 0.05) is 10.8 Å². The third-order valence-electron chi connectivity index (χ3n) is 5.79. The van der Waals surface area contributed by atoms with E-state index in [0.717, 1.165) is 34.0 Å². The van der Waals surface area contributed by atoms with Crippen molar-refractivity contribution in [3.63, 3.8) is 0 Å². The van der Waals surface area contributed by atoms with Crippen LogP contribution >= 0.6 is 0 Å². The number of pyridine rings is 2. The Hall–Kier alpha value is -3.92. The van der Waals surface area contributed by atoms with Gasteiger partial charge in [-0.25, -0.2) is 9.97 Å². The summed E-state index contributed by atoms with van der Waals surface area (Å²) in [6, 6.07) is 25.1. The summed E-state index contributed by atoms with van der Waals surface area (Å²) >= 11 is 0. The molecule has 0 aliphatic heterocycles. The fourth-order valence-electron chi connectivity index (χ4n) is 4.12. The Morgan fingerprint density at radius 1 is 0.531 bits per heavy atom. The van der Waals surface area contributed by atoms with Crippen molar-refractivity contribution in [1.82, 2.24) is 9.97 Å². The molecule has 2 heterocycles. The van der Waals surface area contributed by atoms with E-state index >= 15 is 0 Å². The van der Waals surface area contributed by atoms with E-state index in [2.05, 4.69) is 99.0 Å². The molecule has 2 aromatic heterocycles. The van der Waals surface area contributed by atoms with Crippen molar-refractivity contribution in [3.05, 3.63) is 95.1 Å². The van der Waals surface area contributed by atoms with Crippen LogP contribution in [0.1, 0.15) is 22.3 Å². The van der Waals surface area contributed by atoms with Gasteiger partial charge in [0.15, 0.2) is 0 Å². The maximum absolute atomic E-state index is 4.83. The summed E-state index contributed by atoms with van der Waals surface area (Å²) in [6.07, 6.45) is 0. The van der Waals surface area contributed by atoms with E-state index in [9.17, 15) is 0 Å². The number of hydrogen-bond acceptors (Lipinski definition) is 4. The first kappa shape index (κ1) is 20.0. The van der Waals surface area contributed by atoms with E-state index in [4.69, 9.17) is 9.97 Å². The van der Waals surface area contributed by atoms with Gasteiger partial charge in [0.25, 0.3) is 0 Å². The summed E-state index contributed by atoms with van der Waals surface area (Å²) in [5, 5.41) is 9.37. The van der Waals surface area contributed by atoms with Crippen LogP contribution < -0.4 is 10.6 Å². The first-order valence-electron chi connectivity index (χ1n) is 10.9. The van der Waals surface area contributed by atoms with Gasteiger partial charge in [0.1, 0.15) is 11.6 Å². The molecule has 2 N–H and O–H groups in total. The molecule has 4 heteroatoms. The summed E-state index contributed by atoms with van der Waals surface area (Å²) in [7, 11) is 0. The summed E-state index contributed by atoms with van der Waals surface area (Å²) < 4.78 is 0. The predicted octanol–water partition coefficient (Wildman–Crippen LogP) is 7.50. The second-order valence-corrected chi connectivity index (χ2v) is 8.49. The standard InChI is InChI=1S/C28H26N4/c1-17-9-11-23-21(13-17)19(3)15-27(29-23)31-25-7-5-6-8-26(25)32-28-16-20(4)22-14-18(2)10-12-24(22)30-28/h5-16H,1-4H3,(H,29,31)(H,30,32). The molecule has 0 bridgehead atoms. The number of aromatic nitrogens is 2. The Balaban J connectivity index is 1.49. The van der Waals surface area contributed by atoms with Crippen LogP contribution in [-0.4, -0.2) is 9.97 Å². The first-order chi connectivity index (χ1) is 15.5. The van der Waals surface area contributed by atoms with Crippen molar-refractivity contribution in [2.24, 2.45) is 0 Å². The van der Waals surface area contributed by atoms with E-state index < -0.39 is 0 Å². The molecule has 0 saturated heterocycles. The van der Waals surface area contributed by atoms with E-state index in [1.54, 1.807) is 0 Å². The number of rotatable bonds is 4. The molecule has 158 valence electrons. The van der Waals surface area contributed by atoms with Crippen molar-refractivity contribution in [3.8, 4) is 0 Å². The summed E-state index contributed by atoms with van der Waals surface area (Å²) in [4.78, 5) is 9.66. The van der Waals surface area contributed by atoms with Gasteiger partial charge in [-0.2, -0.15) is 0 Å².